The molecule has 0 aromatic heterocycles. The molecule has 0 heterocycles. The molecule has 0 amide bonds. The summed E-state index contributed by atoms with van der Waals surface area (Å²) >= 11 is 0. The quantitative estimate of drug-likeness (QED) is 0.469. The Hall–Kier alpha value is -2.70. The van der Waals surface area contributed by atoms with Crippen LogP contribution in [-0.2, 0) is 0 Å². The first kappa shape index (κ1) is 28.3. The zero-order valence-corrected chi connectivity index (χ0v) is 18.8. The third kappa shape index (κ3) is 15.8. The molecule has 0 aliphatic rings. The summed E-state index contributed by atoms with van der Waals surface area (Å²) in [5.41, 5.74) is 0.662. The number of benzene rings is 2. The molecule has 6 nitrogen and oxygen atoms in total. The lowest BCUT2D eigenvalue weighted by atomic mass is 9.97. The van der Waals surface area contributed by atoms with E-state index in [0.717, 1.165) is 12.8 Å². The van der Waals surface area contributed by atoms with E-state index in [9.17, 15) is 19.8 Å². The van der Waals surface area contributed by atoms with Crippen molar-refractivity contribution in [2.24, 2.45) is 11.8 Å². The van der Waals surface area contributed by atoms with E-state index in [0.29, 0.717) is 29.4 Å². The Morgan fingerprint density at radius 3 is 1.10 bits per heavy atom. The molecule has 2 unspecified atom stereocenters. The van der Waals surface area contributed by atoms with Gasteiger partial charge in [0.15, 0.2) is 0 Å². The van der Waals surface area contributed by atoms with Crippen molar-refractivity contribution in [3.63, 3.8) is 0 Å². The molecule has 2 atom stereocenters. The third-order valence-corrected chi connectivity index (χ3v) is 4.07. The van der Waals surface area contributed by atoms with Crippen LogP contribution in [0.25, 0.3) is 0 Å². The van der Waals surface area contributed by atoms with Gasteiger partial charge in [-0.25, -0.2) is 9.59 Å². The number of carboxylic acids is 2. The van der Waals surface area contributed by atoms with Gasteiger partial charge in [0.1, 0.15) is 0 Å². The number of rotatable bonds is 8. The van der Waals surface area contributed by atoms with Crippen LogP contribution in [0.3, 0.4) is 0 Å². The van der Waals surface area contributed by atoms with Crippen molar-refractivity contribution >= 4 is 11.9 Å². The Kier molecular flexibility index (Phi) is 14.7. The molecule has 172 valence electrons. The Morgan fingerprint density at radius 1 is 0.613 bits per heavy atom. The smallest absolute Gasteiger partial charge is 0.335 e. The molecule has 2 rings (SSSR count). The van der Waals surface area contributed by atoms with E-state index in [1.165, 1.54) is 0 Å². The predicted molar refractivity (Wildman–Crippen MR) is 122 cm³/mol. The van der Waals surface area contributed by atoms with Crippen LogP contribution in [0.4, 0.5) is 0 Å². The Bertz CT molecular complexity index is 665. The minimum absolute atomic E-state index is 0.331. The van der Waals surface area contributed by atoms with Crippen molar-refractivity contribution in [2.45, 2.75) is 59.2 Å². The zero-order chi connectivity index (χ0) is 23.8. The second-order valence-corrected chi connectivity index (χ2v) is 8.14. The summed E-state index contributed by atoms with van der Waals surface area (Å²) in [6, 6.07) is 16.6. The van der Waals surface area contributed by atoms with Crippen molar-refractivity contribution in [3.05, 3.63) is 71.8 Å². The lowest BCUT2D eigenvalue weighted by molar-refractivity contribution is 0.0578. The van der Waals surface area contributed by atoms with Crippen molar-refractivity contribution in [2.75, 3.05) is 0 Å². The molecule has 4 N–H and O–H groups in total. The van der Waals surface area contributed by atoms with Crippen LogP contribution in [0, 0.1) is 11.8 Å². The molecule has 2 aromatic rings. The van der Waals surface area contributed by atoms with Gasteiger partial charge < -0.3 is 20.4 Å². The van der Waals surface area contributed by atoms with E-state index < -0.39 is 11.9 Å². The molecule has 0 fully saturated rings. The summed E-state index contributed by atoms with van der Waals surface area (Å²) in [5, 5.41) is 35.9. The summed E-state index contributed by atoms with van der Waals surface area (Å²) in [5.74, 6) is -0.756. The maximum Gasteiger partial charge on any atom is 0.335 e. The van der Waals surface area contributed by atoms with E-state index in [4.69, 9.17) is 10.2 Å². The van der Waals surface area contributed by atoms with Crippen LogP contribution < -0.4 is 0 Å². The van der Waals surface area contributed by atoms with Gasteiger partial charge in [0.25, 0.3) is 0 Å². The molecule has 0 radical (unpaired) electrons. The minimum atomic E-state index is -0.879. The fraction of sp³-hybridized carbons (Fsp3) is 0.440. The average molecular weight is 433 g/mol. The van der Waals surface area contributed by atoms with Gasteiger partial charge >= 0.3 is 11.9 Å². The lowest BCUT2D eigenvalue weighted by Gasteiger charge is -2.18. The highest BCUT2D eigenvalue weighted by atomic mass is 16.4. The maximum absolute atomic E-state index is 10.2. The first-order valence-electron chi connectivity index (χ1n) is 10.5. The monoisotopic (exact) mass is 432 g/mol. The van der Waals surface area contributed by atoms with Gasteiger partial charge in [0.05, 0.1) is 23.3 Å². The molecule has 0 saturated heterocycles. The van der Waals surface area contributed by atoms with Crippen molar-refractivity contribution in [1.82, 2.24) is 0 Å². The Labute approximate surface area is 185 Å². The minimum Gasteiger partial charge on any atom is -0.478 e. The zero-order valence-electron chi connectivity index (χ0n) is 18.8. The maximum atomic E-state index is 10.2. The largest absolute Gasteiger partial charge is 0.478 e. The summed E-state index contributed by atoms with van der Waals surface area (Å²) in [6.45, 7) is 8.33. The van der Waals surface area contributed by atoms with Crippen LogP contribution in [0.5, 0.6) is 0 Å². The standard InChI is InChI=1S/C11H24O2.2C7H6O2/c1-8(2)5-10(12)7-11(13)6-9(3)4;2*8-7(9)6-4-2-1-3-5-6/h8-13H,5-7H2,1-4H3;2*1-5H,(H,8,9). The third-order valence-electron chi connectivity index (χ3n) is 4.07. The number of hydrogen-bond acceptors (Lipinski definition) is 4. The lowest BCUT2D eigenvalue weighted by Crippen LogP contribution is -2.20. The highest BCUT2D eigenvalue weighted by molar-refractivity contribution is 5.87. The normalized spacial score (nSPS) is 12.1. The number of aliphatic hydroxyl groups is 2. The fourth-order valence-electron chi connectivity index (χ4n) is 2.76. The molecule has 2 aromatic carbocycles. The average Bonchev–Trinajstić information content (AvgIpc) is 2.69. The SMILES string of the molecule is CC(C)CC(O)CC(O)CC(C)C.O=C(O)c1ccccc1.O=C(O)c1ccccc1. The van der Waals surface area contributed by atoms with Crippen LogP contribution in [-0.4, -0.2) is 44.6 Å². The molecular formula is C25H36O6. The molecular weight excluding hydrogens is 396 g/mol. The van der Waals surface area contributed by atoms with Gasteiger partial charge in [-0.3, -0.25) is 0 Å². The molecule has 0 aliphatic carbocycles. The molecule has 0 aliphatic heterocycles. The van der Waals surface area contributed by atoms with Crippen molar-refractivity contribution in [1.29, 1.82) is 0 Å². The Morgan fingerprint density at radius 2 is 0.903 bits per heavy atom. The predicted octanol–water partition coefficient (Wildman–Crippen LogP) is 4.96. The summed E-state index contributed by atoms with van der Waals surface area (Å²) in [6.07, 6.45) is 1.42. The van der Waals surface area contributed by atoms with Gasteiger partial charge in [-0.05, 0) is 55.4 Å². The number of aromatic carboxylic acids is 2. The molecule has 0 saturated carbocycles. The number of aliphatic hydroxyl groups excluding tert-OH is 2. The van der Waals surface area contributed by atoms with Gasteiger partial charge in [0, 0.05) is 0 Å². The second-order valence-electron chi connectivity index (χ2n) is 8.14. The highest BCUT2D eigenvalue weighted by Gasteiger charge is 2.14. The van der Waals surface area contributed by atoms with Crippen LogP contribution in [0.2, 0.25) is 0 Å². The van der Waals surface area contributed by atoms with Gasteiger partial charge in [-0.15, -0.1) is 0 Å². The van der Waals surface area contributed by atoms with E-state index in [1.54, 1.807) is 60.7 Å². The molecule has 0 bridgehead atoms. The van der Waals surface area contributed by atoms with Gasteiger partial charge in [0.2, 0.25) is 0 Å². The number of hydrogen-bond donors (Lipinski definition) is 4. The van der Waals surface area contributed by atoms with Crippen LogP contribution in [0.15, 0.2) is 60.7 Å². The van der Waals surface area contributed by atoms with Crippen LogP contribution in [0.1, 0.15) is 67.7 Å². The van der Waals surface area contributed by atoms with Crippen LogP contribution >= 0.6 is 0 Å². The molecule has 0 spiro atoms. The first-order chi connectivity index (χ1) is 14.5. The van der Waals surface area contributed by atoms with E-state index in [2.05, 4.69) is 27.7 Å². The topological polar surface area (TPSA) is 115 Å². The second kappa shape index (κ2) is 16.1. The summed E-state index contributed by atoms with van der Waals surface area (Å²) in [7, 11) is 0. The summed E-state index contributed by atoms with van der Waals surface area (Å²) in [4.78, 5) is 20.4. The van der Waals surface area contributed by atoms with Gasteiger partial charge in [-0.1, -0.05) is 64.1 Å². The summed E-state index contributed by atoms with van der Waals surface area (Å²) < 4.78 is 0. The highest BCUT2D eigenvalue weighted by Crippen LogP contribution is 2.14. The number of carbonyl (C=O) groups is 2. The first-order valence-corrected chi connectivity index (χ1v) is 10.5. The molecule has 31 heavy (non-hydrogen) atoms. The van der Waals surface area contributed by atoms with Gasteiger partial charge in [-0.2, -0.15) is 0 Å². The van der Waals surface area contributed by atoms with Crippen molar-refractivity contribution < 1.29 is 30.0 Å². The van der Waals surface area contributed by atoms with Crippen molar-refractivity contribution in [3.8, 4) is 0 Å². The van der Waals surface area contributed by atoms with E-state index in [1.807, 2.05) is 0 Å². The number of carboxylic acid groups (broad SMARTS) is 2. The molecule has 6 heteroatoms. The van der Waals surface area contributed by atoms with E-state index >= 15 is 0 Å². The fourth-order valence-corrected chi connectivity index (χ4v) is 2.76. The Balaban J connectivity index is 0.000000445. The van der Waals surface area contributed by atoms with E-state index in [-0.39, 0.29) is 12.2 Å².